The van der Waals surface area contributed by atoms with Crippen molar-refractivity contribution < 1.29 is 9.59 Å². The number of likely N-dealkylation sites (tertiary alicyclic amines) is 1. The molecule has 136 valence electrons. The van der Waals surface area contributed by atoms with Crippen LogP contribution in [0.15, 0.2) is 21.5 Å². The van der Waals surface area contributed by atoms with Gasteiger partial charge in [-0.2, -0.15) is 0 Å². The number of rotatable bonds is 5. The van der Waals surface area contributed by atoms with Crippen molar-refractivity contribution in [3.8, 4) is 0 Å². The number of aryl methyl sites for hydroxylation is 2. The van der Waals surface area contributed by atoms with Gasteiger partial charge in [0.15, 0.2) is 0 Å². The van der Waals surface area contributed by atoms with Gasteiger partial charge in [0, 0.05) is 34.4 Å². The maximum atomic E-state index is 12.5. The van der Waals surface area contributed by atoms with Gasteiger partial charge in [0.05, 0.1) is 5.75 Å². The number of amides is 2. The maximum Gasteiger partial charge on any atom is 0.232 e. The Labute approximate surface area is 162 Å². The smallest absolute Gasteiger partial charge is 0.232 e. The molecule has 1 heterocycles. The van der Waals surface area contributed by atoms with Crippen molar-refractivity contribution in [3.63, 3.8) is 0 Å². The van der Waals surface area contributed by atoms with Gasteiger partial charge in [-0.15, -0.1) is 11.8 Å². The van der Waals surface area contributed by atoms with Crippen LogP contribution in [0.5, 0.6) is 0 Å². The van der Waals surface area contributed by atoms with Gasteiger partial charge in [-0.25, -0.2) is 0 Å². The summed E-state index contributed by atoms with van der Waals surface area (Å²) in [5.74, 6) is 1.13. The molecule has 0 radical (unpaired) electrons. The van der Waals surface area contributed by atoms with E-state index in [1.807, 2.05) is 4.90 Å². The number of nitrogens with zero attached hydrogens (tertiary/aromatic N) is 1. The van der Waals surface area contributed by atoms with Gasteiger partial charge in [0.1, 0.15) is 0 Å². The van der Waals surface area contributed by atoms with E-state index in [0.29, 0.717) is 5.75 Å². The first-order valence-corrected chi connectivity index (χ1v) is 10.7. The topological polar surface area (TPSA) is 49.4 Å². The zero-order chi connectivity index (χ0) is 18.0. The highest BCUT2D eigenvalue weighted by Gasteiger charge is 2.32. The van der Waals surface area contributed by atoms with Crippen molar-refractivity contribution in [1.29, 1.82) is 0 Å². The third kappa shape index (κ3) is 5.00. The van der Waals surface area contributed by atoms with Crippen molar-refractivity contribution in [2.24, 2.45) is 5.92 Å². The van der Waals surface area contributed by atoms with Crippen LogP contribution in [0.3, 0.4) is 0 Å². The first kappa shape index (κ1) is 18.8. The van der Waals surface area contributed by atoms with Gasteiger partial charge in [-0.1, -0.05) is 15.9 Å². The lowest BCUT2D eigenvalue weighted by Gasteiger charge is -2.32. The van der Waals surface area contributed by atoms with Crippen LogP contribution < -0.4 is 5.32 Å². The molecule has 1 saturated carbocycles. The number of benzene rings is 1. The lowest BCUT2D eigenvalue weighted by molar-refractivity contribution is -0.129. The Bertz CT molecular complexity index is 668. The van der Waals surface area contributed by atoms with E-state index in [4.69, 9.17) is 0 Å². The molecule has 0 bridgehead atoms. The van der Waals surface area contributed by atoms with Crippen molar-refractivity contribution in [1.82, 2.24) is 10.2 Å². The fraction of sp³-hybridized carbons (Fsp3) is 0.579. The van der Waals surface area contributed by atoms with E-state index in [1.165, 1.54) is 16.0 Å². The van der Waals surface area contributed by atoms with E-state index >= 15 is 0 Å². The minimum Gasteiger partial charge on any atom is -0.353 e. The number of carbonyl (C=O) groups is 2. The van der Waals surface area contributed by atoms with E-state index in [0.717, 1.165) is 43.2 Å². The van der Waals surface area contributed by atoms with E-state index in [1.54, 1.807) is 11.8 Å². The summed E-state index contributed by atoms with van der Waals surface area (Å²) in [6.07, 6.45) is 3.81. The largest absolute Gasteiger partial charge is 0.353 e. The van der Waals surface area contributed by atoms with E-state index in [9.17, 15) is 9.59 Å². The summed E-state index contributed by atoms with van der Waals surface area (Å²) in [5, 5.41) is 3.13. The molecule has 0 aromatic heterocycles. The predicted octanol–water partition coefficient (Wildman–Crippen LogP) is 3.68. The molecule has 1 aliphatic heterocycles. The second kappa shape index (κ2) is 8.12. The molecule has 1 aromatic carbocycles. The Balaban J connectivity index is 1.45. The molecule has 1 saturated heterocycles. The average Bonchev–Trinajstić information content (AvgIpc) is 3.42. The Morgan fingerprint density at radius 2 is 1.84 bits per heavy atom. The van der Waals surface area contributed by atoms with Crippen LogP contribution in [0.4, 0.5) is 0 Å². The van der Waals surface area contributed by atoms with Crippen LogP contribution in [-0.2, 0) is 9.59 Å². The molecule has 0 atom stereocenters. The van der Waals surface area contributed by atoms with Crippen molar-refractivity contribution in [2.45, 2.75) is 50.5 Å². The second-order valence-electron chi connectivity index (χ2n) is 7.09. The highest BCUT2D eigenvalue weighted by atomic mass is 79.9. The number of thioether (sulfide) groups is 1. The first-order valence-electron chi connectivity index (χ1n) is 8.91. The number of halogens is 1. The molecule has 0 unspecified atom stereocenters. The summed E-state index contributed by atoms with van der Waals surface area (Å²) in [4.78, 5) is 27.4. The van der Waals surface area contributed by atoms with E-state index < -0.39 is 0 Å². The summed E-state index contributed by atoms with van der Waals surface area (Å²) in [6, 6.07) is 4.48. The van der Waals surface area contributed by atoms with Gasteiger partial charge in [-0.05, 0) is 62.8 Å². The number of nitrogens with one attached hydrogen (secondary N) is 1. The standard InChI is InChI=1S/C19H25BrN2O2S/c1-12-10-17(13(2)9-16(12)20)25-11-18(23)22-7-5-15(6-8-22)21-19(24)14-3-4-14/h9-10,14-15H,3-8,11H2,1-2H3,(H,21,24). The number of piperidine rings is 1. The van der Waals surface area contributed by atoms with E-state index in [2.05, 4.69) is 47.2 Å². The molecular formula is C19H25BrN2O2S. The van der Waals surface area contributed by atoms with Gasteiger partial charge in [-0.3, -0.25) is 9.59 Å². The minimum atomic E-state index is 0.192. The summed E-state index contributed by atoms with van der Waals surface area (Å²) in [7, 11) is 0. The van der Waals surface area contributed by atoms with Crippen LogP contribution in [0.2, 0.25) is 0 Å². The Kier molecular flexibility index (Phi) is 6.10. The molecular weight excluding hydrogens is 400 g/mol. The van der Waals surface area contributed by atoms with Crippen molar-refractivity contribution in [2.75, 3.05) is 18.8 Å². The summed E-state index contributed by atoms with van der Waals surface area (Å²) < 4.78 is 1.11. The highest BCUT2D eigenvalue weighted by Crippen LogP contribution is 2.30. The first-order chi connectivity index (χ1) is 11.9. The SMILES string of the molecule is Cc1cc(SCC(=O)N2CCC(NC(=O)C3CC3)CC2)c(C)cc1Br. The quantitative estimate of drug-likeness (QED) is 0.733. The van der Waals surface area contributed by atoms with Gasteiger partial charge in [0.2, 0.25) is 11.8 Å². The summed E-state index contributed by atoms with van der Waals surface area (Å²) in [6.45, 7) is 5.63. The van der Waals surface area contributed by atoms with Crippen LogP contribution in [-0.4, -0.2) is 41.6 Å². The van der Waals surface area contributed by atoms with Gasteiger partial charge < -0.3 is 10.2 Å². The molecule has 2 aliphatic rings. The second-order valence-corrected chi connectivity index (χ2v) is 8.97. The molecule has 3 rings (SSSR count). The molecule has 25 heavy (non-hydrogen) atoms. The highest BCUT2D eigenvalue weighted by molar-refractivity contribution is 9.10. The molecule has 1 N–H and O–H groups in total. The van der Waals surface area contributed by atoms with E-state index in [-0.39, 0.29) is 23.8 Å². The van der Waals surface area contributed by atoms with Crippen LogP contribution in [0.25, 0.3) is 0 Å². The number of hydrogen-bond donors (Lipinski definition) is 1. The van der Waals surface area contributed by atoms with Gasteiger partial charge in [0.25, 0.3) is 0 Å². The molecule has 0 spiro atoms. The molecule has 6 heteroatoms. The lowest BCUT2D eigenvalue weighted by Crippen LogP contribution is -2.47. The Morgan fingerprint density at radius 1 is 1.16 bits per heavy atom. The minimum absolute atomic E-state index is 0.192. The molecule has 4 nitrogen and oxygen atoms in total. The third-order valence-electron chi connectivity index (χ3n) is 4.95. The van der Waals surface area contributed by atoms with Crippen molar-refractivity contribution >= 4 is 39.5 Å². The fourth-order valence-corrected chi connectivity index (χ4v) is 4.54. The molecule has 2 fully saturated rings. The van der Waals surface area contributed by atoms with Crippen LogP contribution in [0.1, 0.15) is 36.8 Å². The van der Waals surface area contributed by atoms with Crippen molar-refractivity contribution in [3.05, 3.63) is 27.7 Å². The predicted molar refractivity (Wildman–Crippen MR) is 105 cm³/mol. The van der Waals surface area contributed by atoms with Crippen LogP contribution >= 0.6 is 27.7 Å². The molecule has 2 amide bonds. The lowest BCUT2D eigenvalue weighted by atomic mass is 10.0. The Hall–Kier alpha value is -1.01. The summed E-state index contributed by atoms with van der Waals surface area (Å²) >= 11 is 5.16. The number of carbonyl (C=O) groups excluding carboxylic acids is 2. The fourth-order valence-electron chi connectivity index (χ4n) is 3.08. The monoisotopic (exact) mass is 424 g/mol. The third-order valence-corrected chi connectivity index (χ3v) is 6.95. The maximum absolute atomic E-state index is 12.5. The summed E-state index contributed by atoms with van der Waals surface area (Å²) in [5.41, 5.74) is 2.38. The molecule has 1 aromatic rings. The zero-order valence-corrected chi connectivity index (χ0v) is 17.2. The molecule has 1 aliphatic carbocycles. The van der Waals surface area contributed by atoms with Crippen LogP contribution in [0, 0.1) is 19.8 Å². The normalized spacial score (nSPS) is 18.3. The average molecular weight is 425 g/mol. The zero-order valence-electron chi connectivity index (χ0n) is 14.8. The number of hydrogen-bond acceptors (Lipinski definition) is 3. The van der Waals surface area contributed by atoms with Gasteiger partial charge >= 0.3 is 0 Å². The Morgan fingerprint density at radius 3 is 2.48 bits per heavy atom.